The Balaban J connectivity index is 2.14. The van der Waals surface area contributed by atoms with Gasteiger partial charge in [0.15, 0.2) is 0 Å². The summed E-state index contributed by atoms with van der Waals surface area (Å²) in [7, 11) is 0. The monoisotopic (exact) mass is 321 g/mol. The molecule has 114 valence electrons. The average molecular weight is 321 g/mol. The lowest BCUT2D eigenvalue weighted by Gasteiger charge is -2.08. The highest BCUT2D eigenvalue weighted by molar-refractivity contribution is 7.98. The first kappa shape index (κ1) is 15.5. The molecule has 23 heavy (non-hydrogen) atoms. The van der Waals surface area contributed by atoms with Crippen molar-refractivity contribution >= 4 is 23.2 Å². The number of hydrogen-bond donors (Lipinski definition) is 0. The highest BCUT2D eigenvalue weighted by atomic mass is 32.2. The third-order valence-corrected chi connectivity index (χ3v) is 4.13. The molecule has 0 atom stereocenters. The quantitative estimate of drug-likeness (QED) is 0.442. The lowest BCUT2D eigenvalue weighted by Crippen LogP contribution is -2.02. The SMILES string of the molecule is CSc1cc(F)cc(N=C(c2ccccc2)c2ccccc2)c1. The van der Waals surface area contributed by atoms with Gasteiger partial charge in [-0.1, -0.05) is 60.7 Å². The van der Waals surface area contributed by atoms with Crippen LogP contribution in [-0.4, -0.2) is 12.0 Å². The molecule has 0 fully saturated rings. The van der Waals surface area contributed by atoms with Crippen LogP contribution in [0.3, 0.4) is 0 Å². The Morgan fingerprint density at radius 1 is 0.826 bits per heavy atom. The molecule has 0 radical (unpaired) electrons. The smallest absolute Gasteiger partial charge is 0.126 e. The molecule has 3 aromatic rings. The maximum absolute atomic E-state index is 13.8. The van der Waals surface area contributed by atoms with Crippen molar-refractivity contribution in [3.63, 3.8) is 0 Å². The van der Waals surface area contributed by atoms with E-state index in [4.69, 9.17) is 4.99 Å². The fourth-order valence-corrected chi connectivity index (χ4v) is 2.82. The van der Waals surface area contributed by atoms with E-state index in [0.29, 0.717) is 5.69 Å². The van der Waals surface area contributed by atoms with Gasteiger partial charge in [-0.2, -0.15) is 0 Å². The molecule has 0 saturated carbocycles. The van der Waals surface area contributed by atoms with Crippen LogP contribution in [0.4, 0.5) is 10.1 Å². The van der Waals surface area contributed by atoms with Gasteiger partial charge in [-0.15, -0.1) is 11.8 Å². The van der Waals surface area contributed by atoms with Gasteiger partial charge in [-0.3, -0.25) is 0 Å². The predicted molar refractivity (Wildman–Crippen MR) is 96.4 cm³/mol. The highest BCUT2D eigenvalue weighted by Crippen LogP contribution is 2.25. The van der Waals surface area contributed by atoms with Crippen molar-refractivity contribution in [1.29, 1.82) is 0 Å². The molecule has 0 aliphatic heterocycles. The maximum atomic E-state index is 13.8. The summed E-state index contributed by atoms with van der Waals surface area (Å²) in [6.07, 6.45) is 1.93. The number of benzene rings is 3. The topological polar surface area (TPSA) is 12.4 Å². The summed E-state index contributed by atoms with van der Waals surface area (Å²) < 4.78 is 13.8. The van der Waals surface area contributed by atoms with E-state index >= 15 is 0 Å². The van der Waals surface area contributed by atoms with Crippen LogP contribution in [-0.2, 0) is 0 Å². The minimum Gasteiger partial charge on any atom is -0.248 e. The fourth-order valence-electron chi connectivity index (χ4n) is 2.35. The Morgan fingerprint density at radius 3 is 1.91 bits per heavy atom. The number of nitrogens with zero attached hydrogens (tertiary/aromatic N) is 1. The molecule has 0 bridgehead atoms. The van der Waals surface area contributed by atoms with E-state index in [0.717, 1.165) is 21.7 Å². The highest BCUT2D eigenvalue weighted by Gasteiger charge is 2.08. The first-order chi connectivity index (χ1) is 11.3. The average Bonchev–Trinajstić information content (AvgIpc) is 2.60. The van der Waals surface area contributed by atoms with Gasteiger partial charge in [0.25, 0.3) is 0 Å². The molecule has 0 N–H and O–H groups in total. The molecule has 0 aliphatic carbocycles. The van der Waals surface area contributed by atoms with E-state index in [-0.39, 0.29) is 5.82 Å². The first-order valence-corrected chi connectivity index (χ1v) is 8.53. The third kappa shape index (κ3) is 3.88. The van der Waals surface area contributed by atoms with Crippen LogP contribution in [0, 0.1) is 5.82 Å². The number of hydrogen-bond acceptors (Lipinski definition) is 2. The fraction of sp³-hybridized carbons (Fsp3) is 0.0500. The molecule has 0 saturated heterocycles. The van der Waals surface area contributed by atoms with Crippen molar-refractivity contribution in [2.75, 3.05) is 6.26 Å². The molecule has 0 aliphatic rings. The second-order valence-electron chi connectivity index (χ2n) is 5.04. The van der Waals surface area contributed by atoms with Crippen molar-refractivity contribution in [1.82, 2.24) is 0 Å². The minimum absolute atomic E-state index is 0.268. The molecule has 0 amide bonds. The third-order valence-electron chi connectivity index (χ3n) is 3.43. The number of halogens is 1. The van der Waals surface area contributed by atoms with Gasteiger partial charge in [0.1, 0.15) is 5.82 Å². The van der Waals surface area contributed by atoms with E-state index in [2.05, 4.69) is 0 Å². The summed E-state index contributed by atoms with van der Waals surface area (Å²) in [5.41, 5.74) is 3.48. The van der Waals surface area contributed by atoms with Crippen LogP contribution in [0.15, 0.2) is 88.8 Å². The Bertz CT molecular complexity index is 772. The Morgan fingerprint density at radius 2 is 1.39 bits per heavy atom. The zero-order valence-electron chi connectivity index (χ0n) is 12.7. The van der Waals surface area contributed by atoms with E-state index in [1.54, 1.807) is 0 Å². The van der Waals surface area contributed by atoms with Crippen molar-refractivity contribution in [3.8, 4) is 0 Å². The molecule has 0 spiro atoms. The molecular weight excluding hydrogens is 305 g/mol. The summed E-state index contributed by atoms with van der Waals surface area (Å²) in [6.45, 7) is 0. The van der Waals surface area contributed by atoms with E-state index in [9.17, 15) is 4.39 Å². The second-order valence-corrected chi connectivity index (χ2v) is 5.92. The van der Waals surface area contributed by atoms with E-state index in [1.807, 2.05) is 73.0 Å². The zero-order chi connectivity index (χ0) is 16.1. The Hall–Kier alpha value is -2.39. The Labute approximate surface area is 139 Å². The largest absolute Gasteiger partial charge is 0.248 e. The standard InChI is InChI=1S/C20H16FNS/c1-23-19-13-17(21)12-18(14-19)22-20(15-8-4-2-5-9-15)16-10-6-3-7-11-16/h2-14H,1H3. The molecule has 3 rings (SSSR count). The second kappa shape index (κ2) is 7.25. The van der Waals surface area contributed by atoms with Crippen LogP contribution < -0.4 is 0 Å². The summed E-state index contributed by atoms with van der Waals surface area (Å²) in [6, 6.07) is 24.8. The molecule has 0 heterocycles. The number of thioether (sulfide) groups is 1. The van der Waals surface area contributed by atoms with Crippen LogP contribution in [0.25, 0.3) is 0 Å². The normalized spacial score (nSPS) is 10.3. The molecule has 3 aromatic carbocycles. The number of rotatable bonds is 4. The molecular formula is C20H16FNS. The molecule has 0 aromatic heterocycles. The Kier molecular flexibility index (Phi) is 4.89. The van der Waals surface area contributed by atoms with Gasteiger partial charge in [-0.25, -0.2) is 9.38 Å². The zero-order valence-corrected chi connectivity index (χ0v) is 13.6. The van der Waals surface area contributed by atoms with Crippen LogP contribution >= 0.6 is 11.8 Å². The van der Waals surface area contributed by atoms with Crippen molar-refractivity contribution in [2.45, 2.75) is 4.90 Å². The van der Waals surface area contributed by atoms with Gasteiger partial charge >= 0.3 is 0 Å². The van der Waals surface area contributed by atoms with Crippen LogP contribution in [0.5, 0.6) is 0 Å². The van der Waals surface area contributed by atoms with Crippen molar-refractivity contribution in [3.05, 3.63) is 95.8 Å². The van der Waals surface area contributed by atoms with Gasteiger partial charge in [0.05, 0.1) is 11.4 Å². The van der Waals surface area contributed by atoms with E-state index in [1.165, 1.54) is 23.9 Å². The molecule has 1 nitrogen and oxygen atoms in total. The minimum atomic E-state index is -0.268. The van der Waals surface area contributed by atoms with E-state index < -0.39 is 0 Å². The van der Waals surface area contributed by atoms with Crippen molar-refractivity contribution in [2.24, 2.45) is 4.99 Å². The molecule has 0 unspecified atom stereocenters. The van der Waals surface area contributed by atoms with Gasteiger partial charge in [0, 0.05) is 16.0 Å². The summed E-state index contributed by atoms with van der Waals surface area (Å²) in [4.78, 5) is 5.60. The number of aliphatic imine (C=N–C) groups is 1. The summed E-state index contributed by atoms with van der Waals surface area (Å²) in [5, 5.41) is 0. The summed E-state index contributed by atoms with van der Waals surface area (Å²) >= 11 is 1.51. The lowest BCUT2D eigenvalue weighted by atomic mass is 10.0. The van der Waals surface area contributed by atoms with Gasteiger partial charge in [0.2, 0.25) is 0 Å². The first-order valence-electron chi connectivity index (χ1n) is 7.30. The predicted octanol–water partition coefficient (Wildman–Crippen LogP) is 5.72. The lowest BCUT2D eigenvalue weighted by molar-refractivity contribution is 0.624. The van der Waals surface area contributed by atoms with Gasteiger partial charge < -0.3 is 0 Å². The van der Waals surface area contributed by atoms with Crippen molar-refractivity contribution < 1.29 is 4.39 Å². The molecule has 3 heteroatoms. The summed E-state index contributed by atoms with van der Waals surface area (Å²) in [5.74, 6) is -0.268. The van der Waals surface area contributed by atoms with Gasteiger partial charge in [-0.05, 0) is 24.5 Å². The van der Waals surface area contributed by atoms with Crippen LogP contribution in [0.1, 0.15) is 11.1 Å². The van der Waals surface area contributed by atoms with Crippen LogP contribution in [0.2, 0.25) is 0 Å². The maximum Gasteiger partial charge on any atom is 0.126 e.